The van der Waals surface area contributed by atoms with E-state index in [0.29, 0.717) is 0 Å². The highest BCUT2D eigenvalue weighted by Crippen LogP contribution is 2.35. The standard InChI is InChI=1S/C20H16ClN/c1-13-19(16-7-9-17(21)10-8-16)14(2)22-12-11-15-5-3-4-6-18(15)20(13)22/h3-12H,1-2H3. The maximum absolute atomic E-state index is 6.03. The van der Waals surface area contributed by atoms with Gasteiger partial charge in [0.1, 0.15) is 0 Å². The molecule has 2 aromatic carbocycles. The predicted molar refractivity (Wildman–Crippen MR) is 94.8 cm³/mol. The summed E-state index contributed by atoms with van der Waals surface area (Å²) in [5, 5.41) is 3.34. The predicted octanol–water partition coefficient (Wildman–Crippen LogP) is 6.03. The first-order chi connectivity index (χ1) is 10.7. The molecule has 0 fully saturated rings. The Morgan fingerprint density at radius 1 is 0.864 bits per heavy atom. The molecule has 0 bridgehead atoms. The SMILES string of the molecule is Cc1c(-c2ccc(Cl)cc2)c(C)n2ccc3ccccc3c12. The van der Waals surface area contributed by atoms with Crippen molar-refractivity contribution in [2.45, 2.75) is 13.8 Å². The van der Waals surface area contributed by atoms with E-state index in [4.69, 9.17) is 11.6 Å². The van der Waals surface area contributed by atoms with Crippen LogP contribution in [0.5, 0.6) is 0 Å². The van der Waals surface area contributed by atoms with E-state index in [2.05, 4.69) is 66.9 Å². The van der Waals surface area contributed by atoms with Crippen molar-refractivity contribution < 1.29 is 0 Å². The van der Waals surface area contributed by atoms with Gasteiger partial charge in [0.05, 0.1) is 5.52 Å². The second-order valence-electron chi connectivity index (χ2n) is 5.71. The Hall–Kier alpha value is -2.25. The number of aryl methyl sites for hydroxylation is 2. The third kappa shape index (κ3) is 1.86. The third-order valence-corrected chi connectivity index (χ3v) is 4.70. The first-order valence-electron chi connectivity index (χ1n) is 7.42. The maximum atomic E-state index is 6.03. The minimum atomic E-state index is 0.772. The lowest BCUT2D eigenvalue weighted by atomic mass is 10.0. The van der Waals surface area contributed by atoms with Crippen LogP contribution in [0, 0.1) is 13.8 Å². The summed E-state index contributed by atoms with van der Waals surface area (Å²) in [6.07, 6.45) is 2.17. The van der Waals surface area contributed by atoms with E-state index in [1.54, 1.807) is 0 Å². The molecule has 0 unspecified atom stereocenters. The van der Waals surface area contributed by atoms with Crippen LogP contribution in [0.2, 0.25) is 5.02 Å². The van der Waals surface area contributed by atoms with Crippen LogP contribution in [0.1, 0.15) is 11.3 Å². The molecule has 0 atom stereocenters. The zero-order valence-electron chi connectivity index (χ0n) is 12.6. The number of halogens is 1. The average molecular weight is 306 g/mol. The quantitative estimate of drug-likeness (QED) is 0.404. The highest BCUT2D eigenvalue weighted by atomic mass is 35.5. The zero-order chi connectivity index (χ0) is 15.3. The molecule has 0 amide bonds. The van der Waals surface area contributed by atoms with Gasteiger partial charge in [-0.2, -0.15) is 0 Å². The average Bonchev–Trinajstić information content (AvgIpc) is 2.80. The van der Waals surface area contributed by atoms with E-state index < -0.39 is 0 Å². The van der Waals surface area contributed by atoms with E-state index in [-0.39, 0.29) is 0 Å². The van der Waals surface area contributed by atoms with Crippen LogP contribution >= 0.6 is 11.6 Å². The van der Waals surface area contributed by atoms with Crippen molar-refractivity contribution in [1.29, 1.82) is 0 Å². The van der Waals surface area contributed by atoms with Gasteiger partial charge in [0, 0.05) is 27.9 Å². The fourth-order valence-corrected chi connectivity index (χ4v) is 3.56. The number of hydrogen-bond acceptors (Lipinski definition) is 0. The van der Waals surface area contributed by atoms with Crippen LogP contribution in [0.15, 0.2) is 60.8 Å². The van der Waals surface area contributed by atoms with Gasteiger partial charge in [-0.05, 0) is 48.6 Å². The van der Waals surface area contributed by atoms with Crippen LogP contribution in [-0.4, -0.2) is 4.40 Å². The number of rotatable bonds is 1. The molecule has 4 rings (SSSR count). The topological polar surface area (TPSA) is 4.41 Å². The maximum Gasteiger partial charge on any atom is 0.0566 e. The molecule has 0 saturated carbocycles. The molecular formula is C20H16ClN. The lowest BCUT2D eigenvalue weighted by Crippen LogP contribution is -1.88. The Morgan fingerprint density at radius 2 is 1.59 bits per heavy atom. The number of aromatic nitrogens is 1. The molecular weight excluding hydrogens is 290 g/mol. The van der Waals surface area contributed by atoms with E-state index in [1.165, 1.54) is 38.7 Å². The molecule has 0 spiro atoms. The van der Waals surface area contributed by atoms with Gasteiger partial charge < -0.3 is 4.40 Å². The smallest absolute Gasteiger partial charge is 0.0566 e. The second-order valence-corrected chi connectivity index (χ2v) is 6.15. The van der Waals surface area contributed by atoms with E-state index in [1.807, 2.05) is 12.1 Å². The van der Waals surface area contributed by atoms with Crippen LogP contribution in [0.3, 0.4) is 0 Å². The third-order valence-electron chi connectivity index (χ3n) is 4.45. The Balaban J connectivity index is 2.12. The summed E-state index contributed by atoms with van der Waals surface area (Å²) in [4.78, 5) is 0. The Labute approximate surface area is 134 Å². The molecule has 0 saturated heterocycles. The molecule has 108 valence electrons. The van der Waals surface area contributed by atoms with Crippen molar-refractivity contribution in [3.05, 3.63) is 77.1 Å². The number of fused-ring (bicyclic) bond motifs is 3. The van der Waals surface area contributed by atoms with Gasteiger partial charge in [-0.15, -0.1) is 0 Å². The normalized spacial score (nSPS) is 11.4. The van der Waals surface area contributed by atoms with Crippen LogP contribution in [0.25, 0.3) is 27.4 Å². The molecule has 1 nitrogen and oxygen atoms in total. The van der Waals surface area contributed by atoms with Gasteiger partial charge in [0.15, 0.2) is 0 Å². The van der Waals surface area contributed by atoms with E-state index in [9.17, 15) is 0 Å². The van der Waals surface area contributed by atoms with Gasteiger partial charge >= 0.3 is 0 Å². The molecule has 22 heavy (non-hydrogen) atoms. The van der Waals surface area contributed by atoms with Crippen molar-refractivity contribution in [3.8, 4) is 11.1 Å². The van der Waals surface area contributed by atoms with E-state index in [0.717, 1.165) is 5.02 Å². The fraction of sp³-hybridized carbons (Fsp3) is 0.100. The largest absolute Gasteiger partial charge is 0.320 e. The van der Waals surface area contributed by atoms with Crippen molar-refractivity contribution in [2.24, 2.45) is 0 Å². The Kier molecular flexibility index (Phi) is 2.98. The van der Waals surface area contributed by atoms with Crippen molar-refractivity contribution in [2.75, 3.05) is 0 Å². The molecule has 0 aliphatic carbocycles. The summed E-state index contributed by atoms with van der Waals surface area (Å²) >= 11 is 6.03. The minimum Gasteiger partial charge on any atom is -0.320 e. The Bertz CT molecular complexity index is 994. The fourth-order valence-electron chi connectivity index (χ4n) is 3.43. The number of benzene rings is 2. The van der Waals surface area contributed by atoms with Crippen molar-refractivity contribution in [3.63, 3.8) is 0 Å². The number of nitrogens with zero attached hydrogens (tertiary/aromatic N) is 1. The highest BCUT2D eigenvalue weighted by molar-refractivity contribution is 6.30. The molecule has 2 heteroatoms. The van der Waals surface area contributed by atoms with Crippen LogP contribution in [-0.2, 0) is 0 Å². The van der Waals surface area contributed by atoms with Gasteiger partial charge in [0.2, 0.25) is 0 Å². The van der Waals surface area contributed by atoms with Gasteiger partial charge in [0.25, 0.3) is 0 Å². The summed E-state index contributed by atoms with van der Waals surface area (Å²) in [6.45, 7) is 4.39. The van der Waals surface area contributed by atoms with Crippen molar-refractivity contribution in [1.82, 2.24) is 4.40 Å². The van der Waals surface area contributed by atoms with Crippen LogP contribution < -0.4 is 0 Å². The van der Waals surface area contributed by atoms with Gasteiger partial charge in [-0.3, -0.25) is 0 Å². The van der Waals surface area contributed by atoms with E-state index >= 15 is 0 Å². The Morgan fingerprint density at radius 3 is 2.36 bits per heavy atom. The summed E-state index contributed by atoms with van der Waals surface area (Å²) < 4.78 is 2.29. The summed E-state index contributed by atoms with van der Waals surface area (Å²) in [5.74, 6) is 0. The summed E-state index contributed by atoms with van der Waals surface area (Å²) in [7, 11) is 0. The zero-order valence-corrected chi connectivity index (χ0v) is 13.4. The van der Waals surface area contributed by atoms with Crippen molar-refractivity contribution >= 4 is 27.9 Å². The first kappa shape index (κ1) is 13.4. The highest BCUT2D eigenvalue weighted by Gasteiger charge is 2.15. The summed E-state index contributed by atoms with van der Waals surface area (Å²) in [5.41, 5.74) is 6.39. The molecule has 0 radical (unpaired) electrons. The molecule has 4 aromatic rings. The molecule has 2 aromatic heterocycles. The molecule has 0 aliphatic rings. The number of pyridine rings is 1. The monoisotopic (exact) mass is 305 g/mol. The van der Waals surface area contributed by atoms with Gasteiger partial charge in [-0.25, -0.2) is 0 Å². The van der Waals surface area contributed by atoms with Crippen LogP contribution in [0.4, 0.5) is 0 Å². The first-order valence-corrected chi connectivity index (χ1v) is 7.79. The van der Waals surface area contributed by atoms with Gasteiger partial charge in [-0.1, -0.05) is 48.0 Å². The molecule has 0 N–H and O–H groups in total. The lowest BCUT2D eigenvalue weighted by molar-refractivity contribution is 1.12. The number of hydrogen-bond donors (Lipinski definition) is 0. The summed E-state index contributed by atoms with van der Waals surface area (Å²) in [6, 6.07) is 18.8. The second kappa shape index (κ2) is 4.89. The molecule has 2 heterocycles. The minimum absolute atomic E-state index is 0.772. The lowest BCUT2D eigenvalue weighted by Gasteiger charge is -2.03. The molecule has 0 aliphatic heterocycles.